The number of fused-ring (bicyclic) bond motifs is 1. The lowest BCUT2D eigenvalue weighted by Gasteiger charge is -2.33. The van der Waals surface area contributed by atoms with Crippen LogP contribution in [0.25, 0.3) is 0 Å². The van der Waals surface area contributed by atoms with Crippen LogP contribution in [0.15, 0.2) is 0 Å². The fraction of sp³-hybridized carbons (Fsp3) is 0.917. The Labute approximate surface area is 126 Å². The quantitative estimate of drug-likeness (QED) is 0.669. The van der Waals surface area contributed by atoms with Gasteiger partial charge in [-0.3, -0.25) is 4.79 Å². The van der Waals surface area contributed by atoms with Gasteiger partial charge in [-0.1, -0.05) is 0 Å². The molecule has 3 atom stereocenters. The largest absolute Gasteiger partial charge is 0.349 e. The van der Waals surface area contributed by atoms with Crippen molar-refractivity contribution in [2.75, 3.05) is 38.7 Å². The van der Waals surface area contributed by atoms with E-state index >= 15 is 0 Å². The molecule has 2 rings (SSSR count). The molecule has 7 nitrogen and oxygen atoms in total. The molecule has 0 aromatic rings. The Bertz CT molecular complexity index is 626. The number of amides is 1. The number of nitrogens with zero attached hydrogens (tertiary/aromatic N) is 2. The van der Waals surface area contributed by atoms with Crippen molar-refractivity contribution in [2.24, 2.45) is 11.8 Å². The molecule has 0 aliphatic carbocycles. The normalized spacial score (nSPS) is 32.6. The summed E-state index contributed by atoms with van der Waals surface area (Å²) in [5.74, 6) is -1.06. The molecule has 0 aromatic heterocycles. The highest BCUT2D eigenvalue weighted by Crippen LogP contribution is 2.38. The van der Waals surface area contributed by atoms with E-state index in [1.807, 2.05) is 0 Å². The topological polar surface area (TPSA) is 91.8 Å². The molecule has 2 fully saturated rings. The van der Waals surface area contributed by atoms with Gasteiger partial charge in [-0.2, -0.15) is 0 Å². The van der Waals surface area contributed by atoms with E-state index in [1.54, 1.807) is 14.1 Å². The van der Waals surface area contributed by atoms with Gasteiger partial charge < -0.3 is 4.90 Å². The third-order valence-electron chi connectivity index (χ3n) is 4.48. The second-order valence-corrected chi connectivity index (χ2v) is 10.5. The Morgan fingerprint density at radius 2 is 1.90 bits per heavy atom. The van der Waals surface area contributed by atoms with E-state index in [2.05, 4.69) is 0 Å². The summed E-state index contributed by atoms with van der Waals surface area (Å²) in [4.78, 5) is 13.7. The van der Waals surface area contributed by atoms with Gasteiger partial charge in [0.05, 0.1) is 16.8 Å². The lowest BCUT2D eigenvalue weighted by Crippen LogP contribution is -2.46. The Balaban J connectivity index is 2.33. The highest BCUT2D eigenvalue weighted by atomic mass is 32.2. The van der Waals surface area contributed by atoms with E-state index in [1.165, 1.54) is 16.1 Å². The Kier molecular flexibility index (Phi) is 4.38. The molecule has 0 unspecified atom stereocenters. The summed E-state index contributed by atoms with van der Waals surface area (Å²) in [5, 5.41) is -0.749. The summed E-state index contributed by atoms with van der Waals surface area (Å²) in [6.45, 7) is 1.65. The smallest absolute Gasteiger partial charge is 0.225 e. The van der Waals surface area contributed by atoms with Crippen molar-refractivity contribution in [3.63, 3.8) is 0 Å². The van der Waals surface area contributed by atoms with E-state index in [0.29, 0.717) is 0 Å². The van der Waals surface area contributed by atoms with Crippen LogP contribution in [0.4, 0.5) is 0 Å². The zero-order valence-electron chi connectivity index (χ0n) is 12.5. The maximum atomic E-state index is 12.2. The van der Waals surface area contributed by atoms with Gasteiger partial charge in [-0.15, -0.1) is 0 Å². The van der Waals surface area contributed by atoms with Gasteiger partial charge >= 0.3 is 0 Å². The SMILES string of the molecule is CCS(=O)(=O)N1C[C@@H]2[C@@H](C(=O)N(C)C)CCS(=O)(=O)[C@@H]2C1. The summed E-state index contributed by atoms with van der Waals surface area (Å²) in [7, 11) is -3.49. The fourth-order valence-electron chi connectivity index (χ4n) is 3.23. The highest BCUT2D eigenvalue weighted by molar-refractivity contribution is 7.92. The molecule has 1 amide bonds. The maximum Gasteiger partial charge on any atom is 0.225 e. The first-order valence-corrected chi connectivity index (χ1v) is 10.3. The van der Waals surface area contributed by atoms with E-state index in [-0.39, 0.29) is 36.9 Å². The number of rotatable bonds is 3. The first kappa shape index (κ1) is 16.7. The van der Waals surface area contributed by atoms with Crippen LogP contribution in [-0.2, 0) is 24.7 Å². The molecule has 2 heterocycles. The first-order valence-electron chi connectivity index (χ1n) is 7.00. The van der Waals surface area contributed by atoms with Crippen LogP contribution in [0.2, 0.25) is 0 Å². The zero-order chi connectivity index (χ0) is 16.0. The molecule has 2 aliphatic rings. The Morgan fingerprint density at radius 1 is 1.29 bits per heavy atom. The number of carbonyl (C=O) groups is 1. The number of carbonyl (C=O) groups excluding carboxylic acids is 1. The Morgan fingerprint density at radius 3 is 2.43 bits per heavy atom. The van der Waals surface area contributed by atoms with Gasteiger partial charge in [0, 0.05) is 39.0 Å². The molecule has 2 saturated heterocycles. The van der Waals surface area contributed by atoms with E-state index in [4.69, 9.17) is 0 Å². The van der Waals surface area contributed by atoms with Crippen LogP contribution in [0.5, 0.6) is 0 Å². The van der Waals surface area contributed by atoms with Gasteiger partial charge in [0.25, 0.3) is 0 Å². The first-order chi connectivity index (χ1) is 9.60. The summed E-state index contributed by atoms with van der Waals surface area (Å²) < 4.78 is 49.7. The van der Waals surface area contributed by atoms with Crippen molar-refractivity contribution in [1.29, 1.82) is 0 Å². The van der Waals surface area contributed by atoms with E-state index in [9.17, 15) is 21.6 Å². The van der Waals surface area contributed by atoms with Crippen molar-refractivity contribution in [3.8, 4) is 0 Å². The lowest BCUT2D eigenvalue weighted by molar-refractivity contribution is -0.134. The van der Waals surface area contributed by atoms with Crippen LogP contribution >= 0.6 is 0 Å². The summed E-state index contributed by atoms with van der Waals surface area (Å²) in [6.07, 6.45) is 0.278. The number of sulfonamides is 1. The average molecular weight is 338 g/mol. The van der Waals surface area contributed by atoms with Gasteiger partial charge in [-0.05, 0) is 13.3 Å². The summed E-state index contributed by atoms with van der Waals surface area (Å²) in [6, 6.07) is 0. The third-order valence-corrected chi connectivity index (χ3v) is 8.52. The average Bonchev–Trinajstić information content (AvgIpc) is 2.85. The predicted molar refractivity (Wildman–Crippen MR) is 78.9 cm³/mol. The van der Waals surface area contributed by atoms with Crippen LogP contribution in [0.1, 0.15) is 13.3 Å². The molecule has 0 N–H and O–H groups in total. The monoisotopic (exact) mass is 338 g/mol. The third kappa shape index (κ3) is 2.95. The minimum atomic E-state index is -3.43. The summed E-state index contributed by atoms with van der Waals surface area (Å²) >= 11 is 0. The number of hydrogen-bond donors (Lipinski definition) is 0. The molecule has 0 aromatic carbocycles. The van der Waals surface area contributed by atoms with Crippen molar-refractivity contribution in [2.45, 2.75) is 18.6 Å². The van der Waals surface area contributed by atoms with Gasteiger partial charge in [0.2, 0.25) is 15.9 Å². The van der Waals surface area contributed by atoms with Crippen molar-refractivity contribution in [3.05, 3.63) is 0 Å². The molecule has 2 aliphatic heterocycles. The minimum Gasteiger partial charge on any atom is -0.349 e. The van der Waals surface area contributed by atoms with Crippen LogP contribution in [0, 0.1) is 11.8 Å². The zero-order valence-corrected chi connectivity index (χ0v) is 14.2. The van der Waals surface area contributed by atoms with Crippen LogP contribution in [0.3, 0.4) is 0 Å². The van der Waals surface area contributed by atoms with E-state index < -0.39 is 36.9 Å². The molecule has 0 saturated carbocycles. The molecule has 9 heteroatoms. The van der Waals surface area contributed by atoms with E-state index in [0.717, 1.165) is 0 Å². The van der Waals surface area contributed by atoms with Crippen LogP contribution < -0.4 is 0 Å². The van der Waals surface area contributed by atoms with Gasteiger partial charge in [0.1, 0.15) is 0 Å². The number of sulfone groups is 1. The molecule has 0 radical (unpaired) electrons. The predicted octanol–water partition coefficient (Wildman–Crippen LogP) is -0.841. The molecule has 122 valence electrons. The van der Waals surface area contributed by atoms with Crippen molar-refractivity contribution in [1.82, 2.24) is 9.21 Å². The van der Waals surface area contributed by atoms with Crippen molar-refractivity contribution >= 4 is 25.8 Å². The maximum absolute atomic E-state index is 12.2. The second kappa shape index (κ2) is 5.51. The van der Waals surface area contributed by atoms with Gasteiger partial charge in [0.15, 0.2) is 9.84 Å². The highest BCUT2D eigenvalue weighted by Gasteiger charge is 2.52. The summed E-state index contributed by atoms with van der Waals surface area (Å²) in [5.41, 5.74) is 0. The fourth-order valence-corrected chi connectivity index (χ4v) is 6.58. The van der Waals surface area contributed by atoms with Gasteiger partial charge in [-0.25, -0.2) is 21.1 Å². The molecule has 0 bridgehead atoms. The van der Waals surface area contributed by atoms with Crippen LogP contribution in [-0.4, -0.2) is 75.9 Å². The molecule has 21 heavy (non-hydrogen) atoms. The second-order valence-electron chi connectivity index (χ2n) is 5.91. The molecular formula is C12H22N2O5S2. The molecule has 0 spiro atoms. The van der Waals surface area contributed by atoms with Crippen molar-refractivity contribution < 1.29 is 21.6 Å². The minimum absolute atomic E-state index is 0.0135. The molecular weight excluding hydrogens is 316 g/mol. The number of hydrogen-bond acceptors (Lipinski definition) is 5. The lowest BCUT2D eigenvalue weighted by atomic mass is 9.87. The Hall–Kier alpha value is -0.670. The standard InChI is InChI=1S/C12H22N2O5S2/c1-4-21(18,19)14-7-10-9(12(15)13(2)3)5-6-20(16,17)11(10)8-14/h9-11H,4-8H2,1-3H3/t9-,10+,11+/m0/s1.